The summed E-state index contributed by atoms with van der Waals surface area (Å²) in [5, 5.41) is 0. The van der Waals surface area contributed by atoms with Gasteiger partial charge in [-0.15, -0.1) is 0 Å². The summed E-state index contributed by atoms with van der Waals surface area (Å²) in [6.07, 6.45) is 0. The summed E-state index contributed by atoms with van der Waals surface area (Å²) in [6.45, 7) is 4.49. The highest BCUT2D eigenvalue weighted by Crippen LogP contribution is 2.20. The molecular formula is C17H19FN2O4S. The van der Waals surface area contributed by atoms with E-state index in [9.17, 15) is 17.6 Å². The maximum Gasteiger partial charge on any atom is 0.257 e. The average molecular weight is 366 g/mol. The van der Waals surface area contributed by atoms with Gasteiger partial charge in [0, 0.05) is 26.2 Å². The number of furan rings is 1. The lowest BCUT2D eigenvalue weighted by Crippen LogP contribution is -2.50. The Bertz CT molecular complexity index is 882. The Labute approximate surface area is 145 Å². The first kappa shape index (κ1) is 17.6. The lowest BCUT2D eigenvalue weighted by molar-refractivity contribution is 0.0696. The molecule has 1 aromatic heterocycles. The number of rotatable bonds is 3. The predicted octanol–water partition coefficient (Wildman–Crippen LogP) is 2.18. The third-order valence-corrected chi connectivity index (χ3v) is 6.16. The highest BCUT2D eigenvalue weighted by atomic mass is 32.2. The van der Waals surface area contributed by atoms with Gasteiger partial charge >= 0.3 is 0 Å². The van der Waals surface area contributed by atoms with E-state index in [0.29, 0.717) is 30.2 Å². The minimum Gasteiger partial charge on any atom is -0.466 e. The lowest BCUT2D eigenvalue weighted by atomic mass is 10.2. The van der Waals surface area contributed by atoms with Crippen LogP contribution in [0.1, 0.15) is 21.9 Å². The second-order valence-electron chi connectivity index (χ2n) is 5.98. The van der Waals surface area contributed by atoms with E-state index in [2.05, 4.69) is 0 Å². The molecule has 1 amide bonds. The van der Waals surface area contributed by atoms with Gasteiger partial charge in [0.1, 0.15) is 17.3 Å². The van der Waals surface area contributed by atoms with Crippen molar-refractivity contribution in [3.05, 3.63) is 53.2 Å². The second-order valence-corrected chi connectivity index (χ2v) is 7.92. The number of carbonyl (C=O) groups is 1. The molecule has 0 spiro atoms. The fourth-order valence-electron chi connectivity index (χ4n) is 2.90. The Balaban J connectivity index is 1.70. The summed E-state index contributed by atoms with van der Waals surface area (Å²) in [6, 6.07) is 6.44. The van der Waals surface area contributed by atoms with E-state index in [1.165, 1.54) is 16.4 Å². The molecule has 1 aromatic carbocycles. The van der Waals surface area contributed by atoms with Gasteiger partial charge < -0.3 is 9.32 Å². The van der Waals surface area contributed by atoms with E-state index in [0.717, 1.165) is 12.1 Å². The first-order valence-electron chi connectivity index (χ1n) is 7.91. The van der Waals surface area contributed by atoms with Crippen LogP contribution < -0.4 is 0 Å². The fraction of sp³-hybridized carbons (Fsp3) is 0.353. The van der Waals surface area contributed by atoms with Crippen molar-refractivity contribution in [1.82, 2.24) is 9.21 Å². The van der Waals surface area contributed by atoms with Gasteiger partial charge in [0.05, 0.1) is 10.5 Å². The van der Waals surface area contributed by atoms with Gasteiger partial charge in [-0.05, 0) is 44.2 Å². The van der Waals surface area contributed by atoms with Gasteiger partial charge in [-0.2, -0.15) is 4.31 Å². The van der Waals surface area contributed by atoms with Crippen LogP contribution in [0.25, 0.3) is 0 Å². The van der Waals surface area contributed by atoms with E-state index in [1.54, 1.807) is 24.8 Å². The van der Waals surface area contributed by atoms with Crippen LogP contribution in [0.3, 0.4) is 0 Å². The quantitative estimate of drug-likeness (QED) is 0.835. The smallest absolute Gasteiger partial charge is 0.257 e. The molecule has 0 bridgehead atoms. The van der Waals surface area contributed by atoms with Crippen molar-refractivity contribution in [3.8, 4) is 0 Å². The third kappa shape index (κ3) is 3.45. The number of sulfonamides is 1. The lowest BCUT2D eigenvalue weighted by Gasteiger charge is -2.33. The maximum absolute atomic E-state index is 13.0. The number of nitrogens with zero attached hydrogens (tertiary/aromatic N) is 2. The number of carbonyl (C=O) groups excluding carboxylic acids is 1. The second kappa shape index (κ2) is 6.61. The zero-order valence-electron chi connectivity index (χ0n) is 14.0. The molecule has 0 atom stereocenters. The zero-order chi connectivity index (χ0) is 18.2. The van der Waals surface area contributed by atoms with Crippen LogP contribution in [0.4, 0.5) is 4.39 Å². The van der Waals surface area contributed by atoms with Crippen LogP contribution in [0, 0.1) is 19.7 Å². The molecule has 1 aliphatic heterocycles. The average Bonchev–Trinajstić information content (AvgIpc) is 2.93. The van der Waals surface area contributed by atoms with Crippen LogP contribution in [0.5, 0.6) is 0 Å². The summed E-state index contributed by atoms with van der Waals surface area (Å²) in [5.74, 6) is 0.579. The molecule has 1 saturated heterocycles. The predicted molar refractivity (Wildman–Crippen MR) is 89.2 cm³/mol. The van der Waals surface area contributed by atoms with Crippen molar-refractivity contribution in [3.63, 3.8) is 0 Å². The molecule has 2 heterocycles. The molecule has 0 N–H and O–H groups in total. The zero-order valence-corrected chi connectivity index (χ0v) is 14.8. The van der Waals surface area contributed by atoms with Gasteiger partial charge in [-0.3, -0.25) is 4.79 Å². The fourth-order valence-corrected chi connectivity index (χ4v) is 4.32. The van der Waals surface area contributed by atoms with E-state index in [-0.39, 0.29) is 23.9 Å². The number of aryl methyl sites for hydroxylation is 2. The number of hydrogen-bond donors (Lipinski definition) is 0. The Morgan fingerprint density at radius 2 is 1.68 bits per heavy atom. The van der Waals surface area contributed by atoms with Crippen molar-refractivity contribution < 1.29 is 22.0 Å². The summed E-state index contributed by atoms with van der Waals surface area (Å²) in [5.41, 5.74) is 0.507. The SMILES string of the molecule is Cc1cc(C(=O)N2CCN(S(=O)(=O)c3ccc(F)cc3)CC2)c(C)o1. The van der Waals surface area contributed by atoms with Crippen LogP contribution >= 0.6 is 0 Å². The highest BCUT2D eigenvalue weighted by molar-refractivity contribution is 7.89. The van der Waals surface area contributed by atoms with E-state index in [1.807, 2.05) is 0 Å². The minimum absolute atomic E-state index is 0.0509. The Hall–Kier alpha value is -2.19. The Morgan fingerprint density at radius 3 is 2.20 bits per heavy atom. The highest BCUT2D eigenvalue weighted by Gasteiger charge is 2.31. The molecular weight excluding hydrogens is 347 g/mol. The Kier molecular flexibility index (Phi) is 4.66. The molecule has 3 rings (SSSR count). The van der Waals surface area contributed by atoms with Crippen LogP contribution in [-0.4, -0.2) is 49.7 Å². The van der Waals surface area contributed by atoms with Crippen molar-refractivity contribution in [1.29, 1.82) is 0 Å². The Morgan fingerprint density at radius 1 is 1.08 bits per heavy atom. The summed E-state index contributed by atoms with van der Waals surface area (Å²) < 4.78 is 44.9. The number of hydrogen-bond acceptors (Lipinski definition) is 4. The molecule has 8 heteroatoms. The van der Waals surface area contributed by atoms with Crippen LogP contribution in [-0.2, 0) is 10.0 Å². The molecule has 25 heavy (non-hydrogen) atoms. The van der Waals surface area contributed by atoms with Crippen molar-refractivity contribution in [2.45, 2.75) is 18.7 Å². The molecule has 0 radical (unpaired) electrons. The summed E-state index contributed by atoms with van der Waals surface area (Å²) in [7, 11) is -3.69. The van der Waals surface area contributed by atoms with Gasteiger partial charge in [-0.1, -0.05) is 0 Å². The van der Waals surface area contributed by atoms with Crippen molar-refractivity contribution >= 4 is 15.9 Å². The van der Waals surface area contributed by atoms with Gasteiger partial charge in [0.2, 0.25) is 10.0 Å². The largest absolute Gasteiger partial charge is 0.466 e. The normalized spacial score (nSPS) is 16.2. The molecule has 0 aliphatic carbocycles. The number of amides is 1. The van der Waals surface area contributed by atoms with E-state index >= 15 is 0 Å². The number of halogens is 1. The minimum atomic E-state index is -3.69. The van der Waals surface area contributed by atoms with E-state index in [4.69, 9.17) is 4.42 Å². The van der Waals surface area contributed by atoms with Crippen molar-refractivity contribution in [2.75, 3.05) is 26.2 Å². The molecule has 1 fully saturated rings. The molecule has 1 aliphatic rings. The monoisotopic (exact) mass is 366 g/mol. The maximum atomic E-state index is 13.0. The van der Waals surface area contributed by atoms with Gasteiger partial charge in [0.25, 0.3) is 5.91 Å². The third-order valence-electron chi connectivity index (χ3n) is 4.25. The van der Waals surface area contributed by atoms with Crippen LogP contribution in [0.2, 0.25) is 0 Å². The molecule has 0 unspecified atom stereocenters. The standard InChI is InChI=1S/C17H19FN2O4S/c1-12-11-16(13(2)24-12)17(21)19-7-9-20(10-8-19)25(22,23)15-5-3-14(18)4-6-15/h3-6,11H,7-10H2,1-2H3. The van der Waals surface area contributed by atoms with Gasteiger partial charge in [-0.25, -0.2) is 12.8 Å². The first-order chi connectivity index (χ1) is 11.8. The topological polar surface area (TPSA) is 70.8 Å². The first-order valence-corrected chi connectivity index (χ1v) is 9.35. The van der Waals surface area contributed by atoms with Crippen molar-refractivity contribution in [2.24, 2.45) is 0 Å². The molecule has 0 saturated carbocycles. The molecule has 2 aromatic rings. The number of piperazine rings is 1. The molecule has 6 nitrogen and oxygen atoms in total. The van der Waals surface area contributed by atoms with Crippen LogP contribution in [0.15, 0.2) is 39.6 Å². The summed E-state index contributed by atoms with van der Waals surface area (Å²) in [4.78, 5) is 14.2. The summed E-state index contributed by atoms with van der Waals surface area (Å²) >= 11 is 0. The number of benzene rings is 1. The molecule has 134 valence electrons. The van der Waals surface area contributed by atoms with Gasteiger partial charge in [0.15, 0.2) is 0 Å². The van der Waals surface area contributed by atoms with E-state index < -0.39 is 15.8 Å².